The smallest absolute Gasteiger partial charge is 0.246 e. The maximum atomic E-state index is 12.3. The van der Waals surface area contributed by atoms with Crippen molar-refractivity contribution in [2.45, 2.75) is 13.5 Å². The molecule has 132 valence electrons. The highest BCUT2D eigenvalue weighted by Crippen LogP contribution is 2.15. The van der Waals surface area contributed by atoms with Gasteiger partial charge in [-0.05, 0) is 30.7 Å². The van der Waals surface area contributed by atoms with Crippen LogP contribution in [0.2, 0.25) is 0 Å². The highest BCUT2D eigenvalue weighted by atomic mass is 16.5. The van der Waals surface area contributed by atoms with Crippen molar-refractivity contribution < 1.29 is 9.53 Å². The van der Waals surface area contributed by atoms with Gasteiger partial charge in [0.15, 0.2) is 0 Å². The zero-order valence-electron chi connectivity index (χ0n) is 15.1. The first-order valence-electron chi connectivity index (χ1n) is 8.14. The van der Waals surface area contributed by atoms with Gasteiger partial charge in [0.2, 0.25) is 11.9 Å². The van der Waals surface area contributed by atoms with Gasteiger partial charge < -0.3 is 14.5 Å². The average molecular weight is 340 g/mol. The average Bonchev–Trinajstić information content (AvgIpc) is 2.60. The molecular weight excluding hydrogens is 316 g/mol. The lowest BCUT2D eigenvalue weighted by Gasteiger charge is -2.16. The summed E-state index contributed by atoms with van der Waals surface area (Å²) in [5, 5.41) is 0. The van der Waals surface area contributed by atoms with E-state index in [4.69, 9.17) is 4.74 Å². The Balaban J connectivity index is 1.96. The Hall–Kier alpha value is -2.89. The minimum Gasteiger partial charge on any atom is -0.494 e. The van der Waals surface area contributed by atoms with Gasteiger partial charge in [-0.2, -0.15) is 0 Å². The number of carbonyl (C=O) groups is 1. The minimum absolute atomic E-state index is 0.0847. The summed E-state index contributed by atoms with van der Waals surface area (Å²) in [5.41, 5.74) is 1.81. The molecule has 2 rings (SSSR count). The number of aromatic nitrogens is 2. The van der Waals surface area contributed by atoms with E-state index >= 15 is 0 Å². The van der Waals surface area contributed by atoms with Crippen molar-refractivity contribution in [3.8, 4) is 5.75 Å². The molecule has 1 aromatic carbocycles. The van der Waals surface area contributed by atoms with Gasteiger partial charge in [-0.1, -0.05) is 12.1 Å². The largest absolute Gasteiger partial charge is 0.494 e. The molecule has 0 aliphatic rings. The second-order valence-electron chi connectivity index (χ2n) is 5.82. The molecule has 0 fully saturated rings. The van der Waals surface area contributed by atoms with E-state index in [0.717, 1.165) is 16.9 Å². The lowest BCUT2D eigenvalue weighted by molar-refractivity contribution is -0.125. The van der Waals surface area contributed by atoms with Gasteiger partial charge in [-0.15, -0.1) is 0 Å². The van der Waals surface area contributed by atoms with Gasteiger partial charge in [0.25, 0.3) is 0 Å². The van der Waals surface area contributed by atoms with E-state index in [-0.39, 0.29) is 5.91 Å². The Kier molecular flexibility index (Phi) is 6.51. The molecule has 1 aromatic heterocycles. The summed E-state index contributed by atoms with van der Waals surface area (Å²) in [6.45, 7) is 3.08. The van der Waals surface area contributed by atoms with Crippen molar-refractivity contribution in [3.05, 3.63) is 53.9 Å². The molecular formula is C19H24N4O2. The fourth-order valence-corrected chi connectivity index (χ4v) is 2.20. The second-order valence-corrected chi connectivity index (χ2v) is 5.82. The molecule has 0 bridgehead atoms. The lowest BCUT2D eigenvalue weighted by atomic mass is 10.2. The fraction of sp³-hybridized carbons (Fsp3) is 0.316. The third kappa shape index (κ3) is 5.60. The molecule has 0 spiro atoms. The van der Waals surface area contributed by atoms with Gasteiger partial charge in [0.05, 0.1) is 6.61 Å². The molecule has 2 aromatic rings. The summed E-state index contributed by atoms with van der Waals surface area (Å²) in [6.07, 6.45) is 6.63. The Labute approximate surface area is 148 Å². The topological polar surface area (TPSA) is 58.6 Å². The van der Waals surface area contributed by atoms with Crippen molar-refractivity contribution in [2.75, 3.05) is 32.6 Å². The minimum atomic E-state index is -0.0847. The van der Waals surface area contributed by atoms with E-state index in [1.165, 1.54) is 6.08 Å². The maximum Gasteiger partial charge on any atom is 0.246 e. The number of carbonyl (C=O) groups excluding carboxylic acids is 1. The molecule has 1 heterocycles. The number of likely N-dealkylation sites (N-methyl/N-ethyl adjacent to an activating group) is 1. The Morgan fingerprint density at radius 1 is 1.20 bits per heavy atom. The van der Waals surface area contributed by atoms with Crippen LogP contribution < -0.4 is 9.64 Å². The summed E-state index contributed by atoms with van der Waals surface area (Å²) < 4.78 is 5.49. The Morgan fingerprint density at radius 2 is 1.92 bits per heavy atom. The SMILES string of the molecule is CCOc1cccc(CN(C)C(=O)/C=C/c2cnc(N(C)C)nc2)c1. The van der Waals surface area contributed by atoms with Gasteiger partial charge >= 0.3 is 0 Å². The predicted octanol–water partition coefficient (Wildman–Crippen LogP) is 2.61. The molecule has 0 aliphatic heterocycles. The van der Waals surface area contributed by atoms with E-state index in [2.05, 4.69) is 9.97 Å². The standard InChI is InChI=1S/C19H24N4O2/c1-5-25-17-8-6-7-15(11-17)14-23(4)18(24)10-9-16-12-20-19(21-13-16)22(2)3/h6-13H,5,14H2,1-4H3/b10-9+. The molecule has 0 atom stereocenters. The monoisotopic (exact) mass is 340 g/mol. The Bertz CT molecular complexity index is 726. The van der Waals surface area contributed by atoms with Gasteiger partial charge in [-0.25, -0.2) is 9.97 Å². The van der Waals surface area contributed by atoms with Crippen molar-refractivity contribution >= 4 is 17.9 Å². The maximum absolute atomic E-state index is 12.3. The molecule has 1 amide bonds. The van der Waals surface area contributed by atoms with Crippen LogP contribution in [0.1, 0.15) is 18.1 Å². The highest BCUT2D eigenvalue weighted by molar-refractivity contribution is 5.91. The van der Waals surface area contributed by atoms with Crippen molar-refractivity contribution in [1.82, 2.24) is 14.9 Å². The van der Waals surface area contributed by atoms with Crippen LogP contribution in [0.3, 0.4) is 0 Å². The first-order valence-corrected chi connectivity index (χ1v) is 8.14. The molecule has 0 aliphatic carbocycles. The predicted molar refractivity (Wildman–Crippen MR) is 99.5 cm³/mol. The van der Waals surface area contributed by atoms with Crippen LogP contribution in [0.5, 0.6) is 5.75 Å². The first-order chi connectivity index (χ1) is 12.0. The van der Waals surface area contributed by atoms with Crippen LogP contribution in [-0.4, -0.2) is 48.5 Å². The van der Waals surface area contributed by atoms with E-state index < -0.39 is 0 Å². The normalized spacial score (nSPS) is 10.7. The second kappa shape index (κ2) is 8.82. The molecule has 0 N–H and O–H groups in total. The number of ether oxygens (including phenoxy) is 1. The van der Waals surface area contributed by atoms with Crippen LogP contribution in [0.15, 0.2) is 42.7 Å². The Morgan fingerprint density at radius 3 is 2.56 bits per heavy atom. The van der Waals surface area contributed by atoms with Crippen LogP contribution in [-0.2, 0) is 11.3 Å². The summed E-state index contributed by atoms with van der Waals surface area (Å²) in [5.74, 6) is 1.36. The van der Waals surface area contributed by atoms with Gasteiger partial charge in [0, 0.05) is 51.7 Å². The molecule has 6 nitrogen and oxygen atoms in total. The van der Waals surface area contributed by atoms with E-state index in [9.17, 15) is 4.79 Å². The molecule has 0 saturated heterocycles. The zero-order chi connectivity index (χ0) is 18.2. The number of nitrogens with zero attached hydrogens (tertiary/aromatic N) is 4. The number of benzene rings is 1. The van der Waals surface area contributed by atoms with Crippen LogP contribution in [0, 0.1) is 0 Å². The van der Waals surface area contributed by atoms with Crippen molar-refractivity contribution in [3.63, 3.8) is 0 Å². The van der Waals surface area contributed by atoms with E-state index in [1.54, 1.807) is 30.4 Å². The van der Waals surface area contributed by atoms with Crippen LogP contribution in [0.25, 0.3) is 6.08 Å². The summed E-state index contributed by atoms with van der Waals surface area (Å²) in [6, 6.07) is 7.76. The molecule has 0 saturated carbocycles. The quantitative estimate of drug-likeness (QED) is 0.725. The lowest BCUT2D eigenvalue weighted by Crippen LogP contribution is -2.24. The third-order valence-corrected chi connectivity index (χ3v) is 3.48. The first kappa shape index (κ1) is 18.4. The number of hydrogen-bond acceptors (Lipinski definition) is 5. The molecule has 25 heavy (non-hydrogen) atoms. The number of anilines is 1. The number of amides is 1. The van der Waals surface area contributed by atoms with E-state index in [1.807, 2.05) is 50.2 Å². The summed E-state index contributed by atoms with van der Waals surface area (Å²) in [7, 11) is 5.53. The van der Waals surface area contributed by atoms with Crippen LogP contribution >= 0.6 is 0 Å². The third-order valence-electron chi connectivity index (χ3n) is 3.48. The highest BCUT2D eigenvalue weighted by Gasteiger charge is 2.07. The summed E-state index contributed by atoms with van der Waals surface area (Å²) >= 11 is 0. The van der Waals surface area contributed by atoms with Crippen molar-refractivity contribution in [2.24, 2.45) is 0 Å². The van der Waals surface area contributed by atoms with Gasteiger partial charge in [-0.3, -0.25) is 4.79 Å². The molecule has 0 radical (unpaired) electrons. The molecule has 6 heteroatoms. The number of hydrogen-bond donors (Lipinski definition) is 0. The van der Waals surface area contributed by atoms with Crippen molar-refractivity contribution in [1.29, 1.82) is 0 Å². The summed E-state index contributed by atoms with van der Waals surface area (Å²) in [4.78, 5) is 24.2. The van der Waals surface area contributed by atoms with Gasteiger partial charge in [0.1, 0.15) is 5.75 Å². The number of rotatable bonds is 7. The fourth-order valence-electron chi connectivity index (χ4n) is 2.20. The zero-order valence-corrected chi connectivity index (χ0v) is 15.1. The van der Waals surface area contributed by atoms with Crippen LogP contribution in [0.4, 0.5) is 5.95 Å². The molecule has 0 unspecified atom stereocenters. The van der Waals surface area contributed by atoms with E-state index in [0.29, 0.717) is 19.1 Å².